The monoisotopic (exact) mass is 264 g/mol. The maximum absolute atomic E-state index is 10.6. The fraction of sp³-hybridized carbons (Fsp3) is 0.588. The number of aryl methyl sites for hydroxylation is 2. The van der Waals surface area contributed by atoms with Crippen LogP contribution in [0.3, 0.4) is 0 Å². The van der Waals surface area contributed by atoms with Crippen molar-refractivity contribution in [2.45, 2.75) is 66.2 Å². The second-order valence-corrected chi connectivity index (χ2v) is 4.74. The van der Waals surface area contributed by atoms with Gasteiger partial charge in [0.15, 0.2) is 0 Å². The second-order valence-electron chi connectivity index (χ2n) is 4.74. The number of carboxylic acid groups (broad SMARTS) is 1. The lowest BCUT2D eigenvalue weighted by atomic mass is 10.0. The molecule has 2 nitrogen and oxygen atoms in total. The van der Waals surface area contributed by atoms with E-state index < -0.39 is 5.97 Å². The van der Waals surface area contributed by atoms with Gasteiger partial charge in [-0.15, -0.1) is 0 Å². The lowest BCUT2D eigenvalue weighted by Gasteiger charge is -2.05. The van der Waals surface area contributed by atoms with Gasteiger partial charge in [0.05, 0.1) is 5.56 Å². The molecule has 1 aromatic carbocycles. The summed E-state index contributed by atoms with van der Waals surface area (Å²) in [6, 6.07) is 5.40. The predicted molar refractivity (Wildman–Crippen MR) is 81.9 cm³/mol. The Bertz CT molecular complexity index is 354. The van der Waals surface area contributed by atoms with Crippen LogP contribution in [-0.2, 0) is 0 Å². The topological polar surface area (TPSA) is 37.3 Å². The molecule has 1 saturated carbocycles. The Labute approximate surface area is 117 Å². The zero-order valence-electron chi connectivity index (χ0n) is 12.8. The fourth-order valence-electron chi connectivity index (χ4n) is 2.03. The van der Waals surface area contributed by atoms with Crippen LogP contribution < -0.4 is 0 Å². The van der Waals surface area contributed by atoms with E-state index in [2.05, 4.69) is 0 Å². The molecule has 1 fully saturated rings. The minimum Gasteiger partial charge on any atom is -0.478 e. The smallest absolute Gasteiger partial charge is 0.335 e. The highest BCUT2D eigenvalue weighted by Gasteiger charge is 2.05. The third-order valence-electron chi connectivity index (χ3n) is 3.12. The van der Waals surface area contributed by atoms with Crippen molar-refractivity contribution in [3.05, 3.63) is 34.9 Å². The molecule has 0 aromatic heterocycles. The first-order chi connectivity index (χ1) is 9.11. The third-order valence-corrected chi connectivity index (χ3v) is 3.12. The molecule has 0 aliphatic heterocycles. The summed E-state index contributed by atoms with van der Waals surface area (Å²) in [6.07, 6.45) is 9.00. The largest absolute Gasteiger partial charge is 0.478 e. The molecule has 1 aliphatic rings. The summed E-state index contributed by atoms with van der Waals surface area (Å²) in [4.78, 5) is 10.6. The van der Waals surface area contributed by atoms with Crippen LogP contribution in [0.4, 0.5) is 0 Å². The molecule has 0 saturated heterocycles. The summed E-state index contributed by atoms with van der Waals surface area (Å²) in [6.45, 7) is 7.68. The Morgan fingerprint density at radius 2 is 1.37 bits per heavy atom. The van der Waals surface area contributed by atoms with Gasteiger partial charge in [0.25, 0.3) is 0 Å². The number of benzene rings is 1. The Hall–Kier alpha value is -1.31. The molecule has 1 aliphatic carbocycles. The molecule has 2 rings (SSSR count). The highest BCUT2D eigenvalue weighted by molar-refractivity contribution is 5.89. The number of aromatic carboxylic acids is 1. The van der Waals surface area contributed by atoms with Crippen molar-refractivity contribution < 1.29 is 9.90 Å². The van der Waals surface area contributed by atoms with Gasteiger partial charge in [-0.2, -0.15) is 0 Å². The van der Waals surface area contributed by atoms with Crippen LogP contribution in [0.1, 0.15) is 73.9 Å². The van der Waals surface area contributed by atoms with Crippen molar-refractivity contribution in [1.29, 1.82) is 0 Å². The van der Waals surface area contributed by atoms with Crippen molar-refractivity contribution in [3.8, 4) is 0 Å². The van der Waals surface area contributed by atoms with Gasteiger partial charge >= 0.3 is 5.97 Å². The summed E-state index contributed by atoms with van der Waals surface area (Å²) in [5.74, 6) is -0.855. The molecule has 0 heterocycles. The van der Waals surface area contributed by atoms with Crippen LogP contribution in [0.5, 0.6) is 0 Å². The molecule has 0 bridgehead atoms. The van der Waals surface area contributed by atoms with Gasteiger partial charge in [-0.1, -0.05) is 70.1 Å². The highest BCUT2D eigenvalue weighted by Crippen LogP contribution is 2.15. The first-order valence-corrected chi connectivity index (χ1v) is 7.42. The van der Waals surface area contributed by atoms with E-state index in [-0.39, 0.29) is 0 Å². The Morgan fingerprint density at radius 3 is 1.68 bits per heavy atom. The molecule has 1 aromatic rings. The molecule has 0 unspecified atom stereocenters. The van der Waals surface area contributed by atoms with E-state index in [1.807, 2.05) is 32.9 Å². The van der Waals surface area contributed by atoms with Crippen molar-refractivity contribution >= 4 is 5.97 Å². The highest BCUT2D eigenvalue weighted by atomic mass is 16.4. The number of hydrogen-bond donors (Lipinski definition) is 1. The van der Waals surface area contributed by atoms with E-state index in [1.165, 1.54) is 38.5 Å². The Kier molecular flexibility index (Phi) is 9.87. The summed E-state index contributed by atoms with van der Waals surface area (Å²) in [7, 11) is 0. The number of carboxylic acids is 1. The maximum Gasteiger partial charge on any atom is 0.335 e. The fourth-order valence-corrected chi connectivity index (χ4v) is 2.03. The average Bonchev–Trinajstić information content (AvgIpc) is 2.46. The molecule has 0 atom stereocenters. The maximum atomic E-state index is 10.6. The summed E-state index contributed by atoms with van der Waals surface area (Å²) >= 11 is 0. The van der Waals surface area contributed by atoms with Gasteiger partial charge in [-0.3, -0.25) is 0 Å². The summed E-state index contributed by atoms with van der Waals surface area (Å²) in [5, 5.41) is 8.69. The molecule has 19 heavy (non-hydrogen) atoms. The molecule has 1 N–H and O–H groups in total. The van der Waals surface area contributed by atoms with E-state index >= 15 is 0 Å². The van der Waals surface area contributed by atoms with E-state index in [9.17, 15) is 4.79 Å². The van der Waals surface area contributed by atoms with Gasteiger partial charge in [-0.25, -0.2) is 4.79 Å². The lowest BCUT2D eigenvalue weighted by molar-refractivity contribution is 0.0696. The van der Waals surface area contributed by atoms with Crippen LogP contribution in [0.2, 0.25) is 0 Å². The molecule has 2 heteroatoms. The minimum absolute atomic E-state index is 0.394. The third kappa shape index (κ3) is 7.66. The minimum atomic E-state index is -0.855. The van der Waals surface area contributed by atoms with E-state index in [0.717, 1.165) is 11.1 Å². The quantitative estimate of drug-likeness (QED) is 0.740. The molecule has 0 amide bonds. The molecule has 0 radical (unpaired) electrons. The van der Waals surface area contributed by atoms with E-state index in [0.29, 0.717) is 5.56 Å². The standard InChI is InChI=1S/C9H10O2.C6H12.C2H6/c1-6-3-4-7(2)8(5-6)9(10)11;1-2-4-6-5-3-1;1-2/h3-5H,1-2H3,(H,10,11);1-6H2;1-2H3. The van der Waals surface area contributed by atoms with Gasteiger partial charge in [0, 0.05) is 0 Å². The van der Waals surface area contributed by atoms with E-state index in [1.54, 1.807) is 13.0 Å². The zero-order chi connectivity index (χ0) is 14.7. The Morgan fingerprint density at radius 1 is 0.947 bits per heavy atom. The van der Waals surface area contributed by atoms with E-state index in [4.69, 9.17) is 5.11 Å². The molecular formula is C17H28O2. The number of carbonyl (C=O) groups is 1. The first kappa shape index (κ1) is 17.7. The lowest BCUT2D eigenvalue weighted by Crippen LogP contribution is -1.99. The molecular weight excluding hydrogens is 236 g/mol. The zero-order valence-corrected chi connectivity index (χ0v) is 12.8. The summed E-state index contributed by atoms with van der Waals surface area (Å²) in [5.41, 5.74) is 2.18. The van der Waals surface area contributed by atoms with Gasteiger partial charge < -0.3 is 5.11 Å². The normalized spacial score (nSPS) is 13.5. The van der Waals surface area contributed by atoms with Crippen LogP contribution in [-0.4, -0.2) is 11.1 Å². The average molecular weight is 264 g/mol. The van der Waals surface area contributed by atoms with Crippen molar-refractivity contribution in [3.63, 3.8) is 0 Å². The van der Waals surface area contributed by atoms with Crippen LogP contribution in [0, 0.1) is 13.8 Å². The van der Waals surface area contributed by atoms with Crippen LogP contribution >= 0.6 is 0 Å². The SMILES string of the molecule is C1CCCCC1.CC.Cc1ccc(C)c(C(=O)O)c1. The molecule has 108 valence electrons. The van der Waals surface area contributed by atoms with Crippen molar-refractivity contribution in [2.24, 2.45) is 0 Å². The predicted octanol–water partition coefficient (Wildman–Crippen LogP) is 5.37. The Balaban J connectivity index is 0.000000341. The van der Waals surface area contributed by atoms with Crippen LogP contribution in [0.15, 0.2) is 18.2 Å². The van der Waals surface area contributed by atoms with Crippen molar-refractivity contribution in [1.82, 2.24) is 0 Å². The number of hydrogen-bond acceptors (Lipinski definition) is 1. The molecule has 0 spiro atoms. The summed E-state index contributed by atoms with van der Waals surface area (Å²) < 4.78 is 0. The van der Waals surface area contributed by atoms with Gasteiger partial charge in [0.2, 0.25) is 0 Å². The second kappa shape index (κ2) is 10.6. The first-order valence-electron chi connectivity index (χ1n) is 7.42. The van der Waals surface area contributed by atoms with Gasteiger partial charge in [-0.05, 0) is 25.5 Å². The van der Waals surface area contributed by atoms with Crippen molar-refractivity contribution in [2.75, 3.05) is 0 Å². The van der Waals surface area contributed by atoms with Crippen LogP contribution in [0.25, 0.3) is 0 Å². The van der Waals surface area contributed by atoms with Gasteiger partial charge in [0.1, 0.15) is 0 Å². The number of rotatable bonds is 1.